The molecule has 0 spiro atoms. The Kier molecular flexibility index (Phi) is 6.27. The lowest BCUT2D eigenvalue weighted by molar-refractivity contribution is -0.132. The Hall–Kier alpha value is 0.230. The van der Waals surface area contributed by atoms with Gasteiger partial charge in [0.05, 0.1) is 0 Å². The predicted octanol–water partition coefficient (Wildman–Crippen LogP) is 1.59. The molecule has 0 saturated carbocycles. The van der Waals surface area contributed by atoms with Crippen LogP contribution in [0.15, 0.2) is 0 Å². The molecule has 3 N–H and O–H groups in total. The molecule has 0 amide bonds. The maximum atomic E-state index is 12.0. The second kappa shape index (κ2) is 5.20. The van der Waals surface area contributed by atoms with Gasteiger partial charge < -0.3 is 10.6 Å². The van der Waals surface area contributed by atoms with Crippen molar-refractivity contribution in [2.75, 3.05) is 13.2 Å². The first-order valence-electron chi connectivity index (χ1n) is 3.26. The number of nitrogens with two attached hydrogens (primary N) is 1. The summed E-state index contributed by atoms with van der Waals surface area (Å²) in [5.74, 6) is 0. The molecule has 0 aromatic rings. The summed E-state index contributed by atoms with van der Waals surface area (Å²) in [5, 5.41) is 0. The molecule has 13 heavy (non-hydrogen) atoms. The van der Waals surface area contributed by atoms with Gasteiger partial charge in [0, 0.05) is 6.66 Å². The Labute approximate surface area is 80.4 Å². The number of rotatable bonds is 3. The van der Waals surface area contributed by atoms with Crippen LogP contribution in [0.1, 0.15) is 6.42 Å². The summed E-state index contributed by atoms with van der Waals surface area (Å²) < 4.78 is 46.8. The topological polar surface area (TPSA) is 63.3 Å². The van der Waals surface area contributed by atoms with Gasteiger partial charge in [-0.1, -0.05) is 0 Å². The van der Waals surface area contributed by atoms with Crippen LogP contribution in [-0.2, 0) is 4.57 Å². The normalized spacial score (nSPS) is 18.6. The molecule has 8 heteroatoms. The van der Waals surface area contributed by atoms with Crippen LogP contribution < -0.4 is 5.73 Å². The minimum atomic E-state index is -4.64. The fourth-order valence-electron chi connectivity index (χ4n) is 0.833. The van der Waals surface area contributed by atoms with E-state index in [1.54, 1.807) is 0 Å². The summed E-state index contributed by atoms with van der Waals surface area (Å²) in [6.07, 6.45) is -5.15. The Morgan fingerprint density at radius 1 is 1.54 bits per heavy atom. The van der Waals surface area contributed by atoms with Crippen LogP contribution in [0.2, 0.25) is 0 Å². The first-order valence-corrected chi connectivity index (χ1v) is 5.44. The molecule has 0 saturated heterocycles. The largest absolute Gasteiger partial charge is 0.400 e. The lowest BCUT2D eigenvalue weighted by atomic mass is 10.3. The Morgan fingerprint density at radius 3 is 2.00 bits per heavy atom. The fraction of sp³-hybridized carbons (Fsp3) is 1.00. The van der Waals surface area contributed by atoms with Gasteiger partial charge in [0.1, 0.15) is 5.66 Å². The summed E-state index contributed by atoms with van der Waals surface area (Å²) in [6.45, 7) is 0.448. The van der Waals surface area contributed by atoms with Gasteiger partial charge in [0.15, 0.2) is 0 Å². The quantitative estimate of drug-likeness (QED) is 0.738. The third-order valence-corrected chi connectivity index (χ3v) is 3.10. The minimum absolute atomic E-state index is 0. The number of hydrogen-bond donors (Lipinski definition) is 2. The lowest BCUT2D eigenvalue weighted by Gasteiger charge is -2.21. The summed E-state index contributed by atoms with van der Waals surface area (Å²) >= 11 is 0. The molecule has 2 unspecified atom stereocenters. The molecule has 0 heterocycles. The summed E-state index contributed by atoms with van der Waals surface area (Å²) in [5.41, 5.74) is 2.71. The van der Waals surface area contributed by atoms with E-state index in [0.717, 1.165) is 0 Å². The van der Waals surface area contributed by atoms with Crippen molar-refractivity contribution in [2.45, 2.75) is 18.3 Å². The Bertz CT molecular complexity index is 193. The van der Waals surface area contributed by atoms with E-state index in [-0.39, 0.29) is 19.0 Å². The number of halogens is 4. The molecule has 0 aromatic carbocycles. The van der Waals surface area contributed by atoms with E-state index in [2.05, 4.69) is 0 Å². The highest BCUT2D eigenvalue weighted by atomic mass is 35.5. The molecular formula is C5H12ClF3NO2P. The van der Waals surface area contributed by atoms with Gasteiger partial charge in [-0.15, -0.1) is 12.4 Å². The third kappa shape index (κ3) is 5.52. The molecule has 0 bridgehead atoms. The van der Waals surface area contributed by atoms with Gasteiger partial charge in [-0.05, 0) is 13.0 Å². The second-order valence-corrected chi connectivity index (χ2v) is 5.09. The van der Waals surface area contributed by atoms with Gasteiger partial charge in [-0.2, -0.15) is 13.2 Å². The molecule has 0 aromatic heterocycles. The van der Waals surface area contributed by atoms with Gasteiger partial charge in [-0.3, -0.25) is 4.57 Å². The van der Waals surface area contributed by atoms with Crippen molar-refractivity contribution in [1.29, 1.82) is 0 Å². The van der Waals surface area contributed by atoms with Crippen molar-refractivity contribution in [3.8, 4) is 0 Å². The van der Waals surface area contributed by atoms with Gasteiger partial charge in [0.2, 0.25) is 7.37 Å². The molecule has 0 aliphatic heterocycles. The maximum Gasteiger partial charge on any atom is 0.400 e. The highest BCUT2D eigenvalue weighted by molar-refractivity contribution is 7.58. The zero-order valence-corrected chi connectivity index (χ0v) is 8.62. The SMILES string of the molecule is CP(=O)(O)C(CCN)C(F)(F)F.Cl. The predicted molar refractivity (Wildman–Crippen MR) is 46.5 cm³/mol. The number of hydrogen-bond acceptors (Lipinski definition) is 2. The zero-order chi connectivity index (χ0) is 9.99. The van der Waals surface area contributed by atoms with Crippen LogP contribution in [0.4, 0.5) is 13.2 Å². The van der Waals surface area contributed by atoms with Crippen molar-refractivity contribution in [2.24, 2.45) is 5.73 Å². The average Bonchev–Trinajstić information content (AvgIpc) is 1.77. The molecular weight excluding hydrogens is 229 g/mol. The molecule has 0 aliphatic rings. The van der Waals surface area contributed by atoms with Crippen molar-refractivity contribution < 1.29 is 22.6 Å². The molecule has 0 rings (SSSR count). The van der Waals surface area contributed by atoms with Crippen molar-refractivity contribution in [1.82, 2.24) is 0 Å². The van der Waals surface area contributed by atoms with Crippen molar-refractivity contribution in [3.63, 3.8) is 0 Å². The number of alkyl halides is 3. The third-order valence-electron chi connectivity index (χ3n) is 1.40. The molecule has 3 nitrogen and oxygen atoms in total. The summed E-state index contributed by atoms with van der Waals surface area (Å²) in [7, 11) is -4.12. The maximum absolute atomic E-state index is 12.0. The molecule has 0 radical (unpaired) electrons. The standard InChI is InChI=1S/C5H11F3NO2P.ClH/c1-12(10,11)4(2-3-9)5(6,7)8;/h4H,2-3,9H2,1H3,(H,10,11);1H. The second-order valence-electron chi connectivity index (χ2n) is 2.58. The molecule has 0 aliphatic carbocycles. The van der Waals surface area contributed by atoms with E-state index in [1.807, 2.05) is 0 Å². The van der Waals surface area contributed by atoms with Gasteiger partial charge >= 0.3 is 6.18 Å². The van der Waals surface area contributed by atoms with E-state index >= 15 is 0 Å². The van der Waals surface area contributed by atoms with Crippen LogP contribution in [0.25, 0.3) is 0 Å². The van der Waals surface area contributed by atoms with Crippen molar-refractivity contribution in [3.05, 3.63) is 0 Å². The lowest BCUT2D eigenvalue weighted by Crippen LogP contribution is -2.30. The smallest absolute Gasteiger partial charge is 0.344 e. The highest BCUT2D eigenvalue weighted by Crippen LogP contribution is 2.50. The van der Waals surface area contributed by atoms with Crippen LogP contribution in [0.3, 0.4) is 0 Å². The average molecular weight is 242 g/mol. The zero-order valence-electron chi connectivity index (χ0n) is 6.91. The molecule has 0 fully saturated rings. The van der Waals surface area contributed by atoms with Crippen LogP contribution >= 0.6 is 19.8 Å². The first-order chi connectivity index (χ1) is 5.19. The highest BCUT2D eigenvalue weighted by Gasteiger charge is 2.47. The Morgan fingerprint density at radius 2 is 1.92 bits per heavy atom. The van der Waals surface area contributed by atoms with E-state index < -0.39 is 25.6 Å². The summed E-state index contributed by atoms with van der Waals surface area (Å²) in [6, 6.07) is 0. The van der Waals surface area contributed by atoms with Crippen molar-refractivity contribution >= 4 is 19.8 Å². The minimum Gasteiger partial charge on any atom is -0.344 e. The Balaban J connectivity index is 0. The first kappa shape index (κ1) is 15.7. The van der Waals surface area contributed by atoms with Gasteiger partial charge in [0.25, 0.3) is 0 Å². The van der Waals surface area contributed by atoms with E-state index in [4.69, 9.17) is 10.6 Å². The van der Waals surface area contributed by atoms with Crippen LogP contribution in [0, 0.1) is 0 Å². The molecule has 2 atom stereocenters. The van der Waals surface area contributed by atoms with E-state index in [9.17, 15) is 17.7 Å². The van der Waals surface area contributed by atoms with E-state index in [0.29, 0.717) is 6.66 Å². The monoisotopic (exact) mass is 241 g/mol. The van der Waals surface area contributed by atoms with Crippen LogP contribution in [0.5, 0.6) is 0 Å². The fourth-order valence-corrected chi connectivity index (χ4v) is 2.00. The van der Waals surface area contributed by atoms with Gasteiger partial charge in [-0.25, -0.2) is 0 Å². The van der Waals surface area contributed by atoms with E-state index in [1.165, 1.54) is 0 Å². The summed E-state index contributed by atoms with van der Waals surface area (Å²) in [4.78, 5) is 8.72. The molecule has 82 valence electrons. The van der Waals surface area contributed by atoms with Crippen LogP contribution in [-0.4, -0.2) is 29.9 Å².